The Morgan fingerprint density at radius 2 is 2.46 bits per heavy atom. The van der Waals surface area contributed by atoms with Gasteiger partial charge in [-0.1, -0.05) is 12.1 Å². The van der Waals surface area contributed by atoms with E-state index in [0.717, 1.165) is 17.9 Å². The molecule has 1 atom stereocenters. The first-order valence-corrected chi connectivity index (χ1v) is 4.29. The van der Waals surface area contributed by atoms with Gasteiger partial charge in [-0.15, -0.1) is 0 Å². The Balaban J connectivity index is 2.24. The van der Waals surface area contributed by atoms with Crippen LogP contribution in [0, 0.1) is 0 Å². The molecule has 1 aromatic carbocycles. The van der Waals surface area contributed by atoms with Crippen LogP contribution in [0.5, 0.6) is 5.75 Å². The highest BCUT2D eigenvalue weighted by atomic mass is 16.5. The molecular weight excluding hydrogens is 164 g/mol. The van der Waals surface area contributed by atoms with E-state index in [9.17, 15) is 0 Å². The molecule has 0 radical (unpaired) electrons. The van der Waals surface area contributed by atoms with Crippen LogP contribution in [0.1, 0.15) is 11.7 Å². The normalized spacial score (nSPS) is 20.5. The Kier molecular flexibility index (Phi) is 2.27. The first-order valence-electron chi connectivity index (χ1n) is 4.29. The van der Waals surface area contributed by atoms with Crippen molar-refractivity contribution < 1.29 is 4.74 Å². The Bertz CT molecular complexity index is 322. The average Bonchev–Trinajstić information content (AvgIpc) is 2.71. The molecule has 0 amide bonds. The summed E-state index contributed by atoms with van der Waals surface area (Å²) in [5, 5.41) is 3.25. The van der Waals surface area contributed by atoms with Gasteiger partial charge >= 0.3 is 0 Å². The monoisotopic (exact) mass is 176 g/mol. The van der Waals surface area contributed by atoms with E-state index in [1.165, 1.54) is 0 Å². The second kappa shape index (κ2) is 3.58. The molecule has 0 saturated heterocycles. The van der Waals surface area contributed by atoms with Gasteiger partial charge in [0.15, 0.2) is 0 Å². The van der Waals surface area contributed by atoms with E-state index in [1.807, 2.05) is 30.5 Å². The molecule has 1 aromatic rings. The molecule has 0 spiro atoms. The standard InChI is InChI=1S/C10H12N2O/c1-13-9-4-2-3-8(7-9)10-11-5-6-12-10/h2-5,7,10,12H,6H2,1H3. The minimum Gasteiger partial charge on any atom is -0.497 e. The zero-order valence-electron chi connectivity index (χ0n) is 7.53. The molecule has 0 saturated carbocycles. The molecule has 3 nitrogen and oxygen atoms in total. The fourth-order valence-electron chi connectivity index (χ4n) is 1.39. The first kappa shape index (κ1) is 8.26. The van der Waals surface area contributed by atoms with E-state index >= 15 is 0 Å². The van der Waals surface area contributed by atoms with E-state index in [2.05, 4.69) is 10.3 Å². The van der Waals surface area contributed by atoms with Crippen LogP contribution in [-0.2, 0) is 0 Å². The summed E-state index contributed by atoms with van der Waals surface area (Å²) in [6.45, 7) is 0.849. The predicted octanol–water partition coefficient (Wildman–Crippen LogP) is 1.37. The van der Waals surface area contributed by atoms with Gasteiger partial charge in [-0.05, 0) is 17.7 Å². The lowest BCUT2D eigenvalue weighted by molar-refractivity contribution is 0.413. The lowest BCUT2D eigenvalue weighted by Crippen LogP contribution is -2.14. The first-order chi connectivity index (χ1) is 6.40. The van der Waals surface area contributed by atoms with Crippen molar-refractivity contribution >= 4 is 6.21 Å². The Morgan fingerprint density at radius 3 is 3.15 bits per heavy atom. The summed E-state index contributed by atoms with van der Waals surface area (Å²) in [6.07, 6.45) is 2.00. The van der Waals surface area contributed by atoms with Gasteiger partial charge in [0.25, 0.3) is 0 Å². The number of benzene rings is 1. The smallest absolute Gasteiger partial charge is 0.125 e. The van der Waals surface area contributed by atoms with Crippen molar-refractivity contribution in [2.45, 2.75) is 6.17 Å². The van der Waals surface area contributed by atoms with Crippen molar-refractivity contribution in [2.75, 3.05) is 13.7 Å². The summed E-state index contributed by atoms with van der Waals surface area (Å²) >= 11 is 0. The highest BCUT2D eigenvalue weighted by molar-refractivity contribution is 5.62. The van der Waals surface area contributed by atoms with Crippen LogP contribution < -0.4 is 10.1 Å². The van der Waals surface area contributed by atoms with Crippen molar-refractivity contribution in [1.29, 1.82) is 0 Å². The third kappa shape index (κ3) is 1.70. The second-order valence-electron chi connectivity index (χ2n) is 2.92. The molecule has 2 rings (SSSR count). The van der Waals surface area contributed by atoms with Crippen molar-refractivity contribution in [3.8, 4) is 5.75 Å². The third-order valence-corrected chi connectivity index (χ3v) is 2.07. The van der Waals surface area contributed by atoms with Gasteiger partial charge in [0.05, 0.1) is 7.11 Å². The van der Waals surface area contributed by atoms with Crippen molar-refractivity contribution in [2.24, 2.45) is 4.99 Å². The Morgan fingerprint density at radius 1 is 1.54 bits per heavy atom. The number of nitrogens with one attached hydrogen (secondary N) is 1. The van der Waals surface area contributed by atoms with Crippen LogP contribution in [0.3, 0.4) is 0 Å². The summed E-state index contributed by atoms with van der Waals surface area (Å²) < 4.78 is 5.13. The number of hydrogen-bond acceptors (Lipinski definition) is 3. The highest BCUT2D eigenvalue weighted by Gasteiger charge is 2.11. The molecule has 1 unspecified atom stereocenters. The van der Waals surface area contributed by atoms with Crippen LogP contribution in [0.2, 0.25) is 0 Å². The molecule has 0 aromatic heterocycles. The van der Waals surface area contributed by atoms with Crippen LogP contribution in [0.4, 0.5) is 0 Å². The van der Waals surface area contributed by atoms with E-state index in [0.29, 0.717) is 0 Å². The zero-order chi connectivity index (χ0) is 9.10. The quantitative estimate of drug-likeness (QED) is 0.738. The summed E-state index contributed by atoms with van der Waals surface area (Å²) in [6, 6.07) is 7.95. The van der Waals surface area contributed by atoms with E-state index < -0.39 is 0 Å². The minimum atomic E-state index is 0.107. The van der Waals surface area contributed by atoms with E-state index in [1.54, 1.807) is 7.11 Å². The molecule has 0 bridgehead atoms. The number of hydrogen-bond donors (Lipinski definition) is 1. The third-order valence-electron chi connectivity index (χ3n) is 2.07. The van der Waals surface area contributed by atoms with Crippen LogP contribution >= 0.6 is 0 Å². The van der Waals surface area contributed by atoms with Gasteiger partial charge in [-0.3, -0.25) is 10.3 Å². The van der Waals surface area contributed by atoms with Crippen LogP contribution in [0.25, 0.3) is 0 Å². The van der Waals surface area contributed by atoms with Gasteiger partial charge in [-0.25, -0.2) is 0 Å². The number of aliphatic imine (C=N–C) groups is 1. The van der Waals surface area contributed by atoms with Crippen LogP contribution in [-0.4, -0.2) is 19.9 Å². The number of nitrogens with zero attached hydrogens (tertiary/aromatic N) is 1. The number of rotatable bonds is 2. The average molecular weight is 176 g/mol. The summed E-state index contributed by atoms with van der Waals surface area (Å²) in [7, 11) is 1.67. The Hall–Kier alpha value is -1.35. The van der Waals surface area contributed by atoms with E-state index in [4.69, 9.17) is 4.74 Å². The molecular formula is C10H12N2O. The minimum absolute atomic E-state index is 0.107. The molecule has 1 heterocycles. The second-order valence-corrected chi connectivity index (χ2v) is 2.92. The van der Waals surface area contributed by atoms with Crippen molar-refractivity contribution in [1.82, 2.24) is 5.32 Å². The molecule has 1 aliphatic rings. The fraction of sp³-hybridized carbons (Fsp3) is 0.300. The summed E-state index contributed by atoms with van der Waals surface area (Å²) in [5.74, 6) is 0.876. The van der Waals surface area contributed by atoms with Gasteiger partial charge in [0.1, 0.15) is 11.9 Å². The molecule has 3 heteroatoms. The molecule has 0 aliphatic carbocycles. The largest absolute Gasteiger partial charge is 0.497 e. The molecule has 13 heavy (non-hydrogen) atoms. The summed E-state index contributed by atoms with van der Waals surface area (Å²) in [5.41, 5.74) is 1.15. The van der Waals surface area contributed by atoms with Crippen molar-refractivity contribution in [3.63, 3.8) is 0 Å². The van der Waals surface area contributed by atoms with E-state index in [-0.39, 0.29) is 6.17 Å². The molecule has 68 valence electrons. The van der Waals surface area contributed by atoms with Crippen molar-refractivity contribution in [3.05, 3.63) is 29.8 Å². The highest BCUT2D eigenvalue weighted by Crippen LogP contribution is 2.20. The maximum atomic E-state index is 5.13. The van der Waals surface area contributed by atoms with Gasteiger partial charge in [0, 0.05) is 12.8 Å². The predicted molar refractivity (Wildman–Crippen MR) is 52.2 cm³/mol. The fourth-order valence-corrected chi connectivity index (χ4v) is 1.39. The Labute approximate surface area is 77.4 Å². The van der Waals surface area contributed by atoms with Gasteiger partial charge < -0.3 is 4.74 Å². The van der Waals surface area contributed by atoms with Gasteiger partial charge in [0.2, 0.25) is 0 Å². The zero-order valence-corrected chi connectivity index (χ0v) is 7.53. The van der Waals surface area contributed by atoms with Gasteiger partial charge in [-0.2, -0.15) is 0 Å². The lowest BCUT2D eigenvalue weighted by Gasteiger charge is -2.09. The molecule has 1 N–H and O–H groups in total. The SMILES string of the molecule is COc1cccc(C2N=CCN2)c1. The van der Waals surface area contributed by atoms with Crippen LogP contribution in [0.15, 0.2) is 29.3 Å². The number of ether oxygens (including phenoxy) is 1. The topological polar surface area (TPSA) is 33.6 Å². The summed E-state index contributed by atoms with van der Waals surface area (Å²) in [4.78, 5) is 4.29. The molecule has 0 fully saturated rings. The number of methoxy groups -OCH3 is 1. The maximum absolute atomic E-state index is 5.13. The lowest BCUT2D eigenvalue weighted by atomic mass is 10.2. The maximum Gasteiger partial charge on any atom is 0.125 e. The molecule has 1 aliphatic heterocycles.